The lowest BCUT2D eigenvalue weighted by molar-refractivity contribution is -0.119. The molecule has 0 unspecified atom stereocenters. The van der Waals surface area contributed by atoms with Crippen molar-refractivity contribution in [2.75, 3.05) is 32.0 Å². The number of methoxy groups -OCH3 is 3. The zero-order valence-electron chi connectivity index (χ0n) is 18.1. The predicted molar refractivity (Wildman–Crippen MR) is 120 cm³/mol. The van der Waals surface area contributed by atoms with E-state index in [1.54, 1.807) is 49.6 Å². The molecular formula is C23H21N5O5. The number of ether oxygens (including phenoxy) is 3. The van der Waals surface area contributed by atoms with E-state index in [2.05, 4.69) is 20.6 Å². The number of fused-ring (bicyclic) bond motifs is 1. The van der Waals surface area contributed by atoms with Gasteiger partial charge in [0, 0.05) is 17.2 Å². The van der Waals surface area contributed by atoms with E-state index < -0.39 is 23.3 Å². The number of amides is 1. The first kappa shape index (κ1) is 21.7. The minimum Gasteiger partial charge on any atom is -0.497 e. The summed E-state index contributed by atoms with van der Waals surface area (Å²) in [5, 5.41) is 15.3. The van der Waals surface area contributed by atoms with Gasteiger partial charge in [0.1, 0.15) is 29.0 Å². The van der Waals surface area contributed by atoms with E-state index in [0.717, 1.165) is 0 Å². The number of carbonyl (C=O) groups excluding carboxylic acids is 1. The molecule has 2 atom stereocenters. The topological polar surface area (TPSA) is 138 Å². The zero-order valence-corrected chi connectivity index (χ0v) is 18.1. The van der Waals surface area contributed by atoms with Gasteiger partial charge in [0.05, 0.1) is 33.0 Å². The summed E-state index contributed by atoms with van der Waals surface area (Å²) in [5.41, 5.74) is 0.795. The Morgan fingerprint density at radius 1 is 1.00 bits per heavy atom. The second kappa shape index (κ2) is 8.92. The van der Waals surface area contributed by atoms with Crippen LogP contribution >= 0.6 is 0 Å². The van der Waals surface area contributed by atoms with E-state index >= 15 is 0 Å². The normalized spacial score (nSPS) is 16.7. The number of carbonyl (C=O) groups is 1. The van der Waals surface area contributed by atoms with Crippen molar-refractivity contribution >= 4 is 23.4 Å². The van der Waals surface area contributed by atoms with Crippen LogP contribution in [0.2, 0.25) is 0 Å². The molecular weight excluding hydrogens is 426 g/mol. The highest BCUT2D eigenvalue weighted by Crippen LogP contribution is 2.43. The Labute approximate surface area is 189 Å². The Bertz CT molecular complexity index is 1300. The molecule has 0 radical (unpaired) electrons. The van der Waals surface area contributed by atoms with Crippen molar-refractivity contribution in [2.45, 2.75) is 5.92 Å². The minimum atomic E-state index is -1.16. The number of nitrogens with zero attached hydrogens (tertiary/aromatic N) is 2. The van der Waals surface area contributed by atoms with Gasteiger partial charge in [-0.2, -0.15) is 10.2 Å². The van der Waals surface area contributed by atoms with Crippen molar-refractivity contribution in [3.63, 3.8) is 0 Å². The van der Waals surface area contributed by atoms with Crippen molar-refractivity contribution < 1.29 is 19.0 Å². The van der Waals surface area contributed by atoms with Gasteiger partial charge < -0.3 is 24.8 Å². The molecule has 10 heteroatoms. The Morgan fingerprint density at radius 2 is 1.70 bits per heavy atom. The van der Waals surface area contributed by atoms with Gasteiger partial charge in [-0.1, -0.05) is 0 Å². The fourth-order valence-electron chi connectivity index (χ4n) is 3.80. The maximum atomic E-state index is 13.2. The molecule has 0 aliphatic carbocycles. The van der Waals surface area contributed by atoms with Gasteiger partial charge >= 0.3 is 0 Å². The summed E-state index contributed by atoms with van der Waals surface area (Å²) in [7, 11) is 4.54. The van der Waals surface area contributed by atoms with Gasteiger partial charge in [-0.25, -0.2) is 0 Å². The third kappa shape index (κ3) is 4.04. The number of benzene rings is 2. The summed E-state index contributed by atoms with van der Waals surface area (Å²) in [6, 6.07) is 14.0. The number of aromatic nitrogens is 2. The van der Waals surface area contributed by atoms with Crippen LogP contribution in [-0.2, 0) is 4.79 Å². The number of nitrogens with one attached hydrogen (secondary N) is 3. The van der Waals surface area contributed by atoms with E-state index in [1.807, 2.05) is 6.07 Å². The number of hydrogen-bond donors (Lipinski definition) is 3. The molecule has 0 saturated carbocycles. The maximum absolute atomic E-state index is 13.2. The third-order valence-corrected chi connectivity index (χ3v) is 5.39. The molecule has 2 aromatic carbocycles. The van der Waals surface area contributed by atoms with Crippen molar-refractivity contribution in [2.24, 2.45) is 5.92 Å². The van der Waals surface area contributed by atoms with Crippen molar-refractivity contribution in [1.82, 2.24) is 9.97 Å². The van der Waals surface area contributed by atoms with E-state index in [0.29, 0.717) is 28.5 Å². The molecule has 4 rings (SSSR count). The van der Waals surface area contributed by atoms with Crippen LogP contribution in [0.3, 0.4) is 0 Å². The zero-order chi connectivity index (χ0) is 23.5. The average molecular weight is 447 g/mol. The molecule has 33 heavy (non-hydrogen) atoms. The second-order valence-corrected chi connectivity index (χ2v) is 7.21. The maximum Gasteiger partial charge on any atom is 0.258 e. The molecule has 1 aromatic heterocycles. The van der Waals surface area contributed by atoms with Gasteiger partial charge in [-0.15, -0.1) is 0 Å². The fourth-order valence-corrected chi connectivity index (χ4v) is 3.80. The van der Waals surface area contributed by atoms with Gasteiger partial charge in [0.15, 0.2) is 0 Å². The number of rotatable bonds is 6. The Morgan fingerprint density at radius 3 is 2.33 bits per heavy atom. The first-order chi connectivity index (χ1) is 16.0. The molecule has 10 nitrogen and oxygen atoms in total. The molecule has 2 heterocycles. The highest BCUT2D eigenvalue weighted by Gasteiger charge is 2.41. The number of aromatic amines is 1. The van der Waals surface area contributed by atoms with Gasteiger partial charge in [-0.3, -0.25) is 14.6 Å². The monoisotopic (exact) mass is 447 g/mol. The predicted octanol–water partition coefficient (Wildman–Crippen LogP) is 2.76. The molecule has 0 fully saturated rings. The Balaban J connectivity index is 1.82. The molecule has 0 spiro atoms. The van der Waals surface area contributed by atoms with Crippen molar-refractivity contribution in [1.29, 1.82) is 5.26 Å². The summed E-state index contributed by atoms with van der Waals surface area (Å²) in [6.45, 7) is 0. The van der Waals surface area contributed by atoms with Crippen molar-refractivity contribution in [3.8, 4) is 23.3 Å². The van der Waals surface area contributed by atoms with Crippen LogP contribution in [0.5, 0.6) is 17.2 Å². The Kier molecular flexibility index (Phi) is 5.87. The lowest BCUT2D eigenvalue weighted by atomic mass is 9.78. The van der Waals surface area contributed by atoms with Crippen LogP contribution in [-0.4, -0.2) is 37.2 Å². The summed E-state index contributed by atoms with van der Waals surface area (Å²) in [5.74, 6) is -0.835. The fraction of sp³-hybridized carbons (Fsp3) is 0.217. The van der Waals surface area contributed by atoms with Gasteiger partial charge in [0.25, 0.3) is 5.56 Å². The van der Waals surface area contributed by atoms with E-state index in [9.17, 15) is 14.9 Å². The molecule has 1 amide bonds. The number of anilines is 3. The lowest BCUT2D eigenvalue weighted by Crippen LogP contribution is -2.38. The SMILES string of the molecule is COc1ccc(Nc2nc3c(c(=O)[nH]2)[C@@H](c2cc(OC)ccc2OC)[C@H](C#N)C(=O)N3)cc1. The van der Waals surface area contributed by atoms with E-state index in [4.69, 9.17) is 14.2 Å². The largest absolute Gasteiger partial charge is 0.497 e. The van der Waals surface area contributed by atoms with Crippen LogP contribution in [0.15, 0.2) is 47.3 Å². The van der Waals surface area contributed by atoms with Crippen molar-refractivity contribution in [3.05, 3.63) is 63.9 Å². The summed E-state index contributed by atoms with van der Waals surface area (Å²) < 4.78 is 15.9. The third-order valence-electron chi connectivity index (χ3n) is 5.39. The average Bonchev–Trinajstić information content (AvgIpc) is 2.83. The molecule has 3 N–H and O–H groups in total. The molecule has 1 aliphatic rings. The lowest BCUT2D eigenvalue weighted by Gasteiger charge is -2.29. The van der Waals surface area contributed by atoms with Crippen LogP contribution < -0.4 is 30.4 Å². The second-order valence-electron chi connectivity index (χ2n) is 7.21. The van der Waals surface area contributed by atoms with E-state index in [-0.39, 0.29) is 17.3 Å². The molecule has 0 bridgehead atoms. The standard InChI is InChI=1S/C23H21N5O5/c1-31-13-6-4-12(5-7-13)25-23-27-20-19(22(30)28-23)18(16(11-24)21(29)26-20)15-10-14(32-2)8-9-17(15)33-3/h4-10,16,18H,1-3H3,(H3,25,26,27,28,29,30)/t16-,18-/m0/s1. The summed E-state index contributed by atoms with van der Waals surface area (Å²) in [4.78, 5) is 33.1. The molecule has 1 aliphatic heterocycles. The van der Waals surface area contributed by atoms with Crippen LogP contribution in [0.1, 0.15) is 17.0 Å². The molecule has 0 saturated heterocycles. The highest BCUT2D eigenvalue weighted by molar-refractivity contribution is 5.98. The number of nitriles is 1. The van der Waals surface area contributed by atoms with Crippen LogP contribution in [0, 0.1) is 17.2 Å². The molecule has 168 valence electrons. The number of H-pyrrole nitrogens is 1. The van der Waals surface area contributed by atoms with Crippen LogP contribution in [0.4, 0.5) is 17.5 Å². The van der Waals surface area contributed by atoms with E-state index in [1.165, 1.54) is 14.2 Å². The highest BCUT2D eigenvalue weighted by atomic mass is 16.5. The van der Waals surface area contributed by atoms with Gasteiger partial charge in [0.2, 0.25) is 11.9 Å². The minimum absolute atomic E-state index is 0.0705. The van der Waals surface area contributed by atoms with Crippen LogP contribution in [0.25, 0.3) is 0 Å². The first-order valence-corrected chi connectivity index (χ1v) is 9.96. The van der Waals surface area contributed by atoms with Gasteiger partial charge in [-0.05, 0) is 42.5 Å². The number of hydrogen-bond acceptors (Lipinski definition) is 8. The molecule has 3 aromatic rings. The smallest absolute Gasteiger partial charge is 0.258 e. The summed E-state index contributed by atoms with van der Waals surface area (Å²) >= 11 is 0. The quantitative estimate of drug-likeness (QED) is 0.524. The summed E-state index contributed by atoms with van der Waals surface area (Å²) in [6.07, 6.45) is 0. The first-order valence-electron chi connectivity index (χ1n) is 9.96. The Hall–Kier alpha value is -4.52.